The van der Waals surface area contributed by atoms with Crippen LogP contribution in [-0.4, -0.2) is 12.6 Å². The zero-order chi connectivity index (χ0) is 14.9. The van der Waals surface area contributed by atoms with Gasteiger partial charge in [0.15, 0.2) is 0 Å². The molecule has 2 aromatic rings. The second-order valence-corrected chi connectivity index (χ2v) is 5.66. The minimum Gasteiger partial charge on any atom is -0.338 e. The van der Waals surface area contributed by atoms with E-state index in [0.717, 1.165) is 12.8 Å². The summed E-state index contributed by atoms with van der Waals surface area (Å²) in [4.78, 5) is 11.7. The lowest BCUT2D eigenvalue weighted by Gasteiger charge is -2.09. The Balaban J connectivity index is 1.60. The summed E-state index contributed by atoms with van der Waals surface area (Å²) >= 11 is 1.65. The van der Waals surface area contributed by atoms with Crippen molar-refractivity contribution < 1.29 is 4.79 Å². The summed E-state index contributed by atoms with van der Waals surface area (Å²) in [7, 11) is 0. The van der Waals surface area contributed by atoms with Gasteiger partial charge in [-0.05, 0) is 40.8 Å². The van der Waals surface area contributed by atoms with Crippen LogP contribution in [0.3, 0.4) is 0 Å². The van der Waals surface area contributed by atoms with E-state index in [-0.39, 0.29) is 6.03 Å². The second-order valence-electron chi connectivity index (χ2n) is 4.88. The largest absolute Gasteiger partial charge is 0.338 e. The van der Waals surface area contributed by atoms with Gasteiger partial charge < -0.3 is 10.6 Å². The Morgan fingerprint density at radius 1 is 1.14 bits per heavy atom. The topological polar surface area (TPSA) is 41.1 Å². The molecule has 0 saturated carbocycles. The lowest BCUT2D eigenvalue weighted by molar-refractivity contribution is 0.243. The normalized spacial score (nSPS) is 10.1. The Morgan fingerprint density at radius 3 is 2.67 bits per heavy atom. The van der Waals surface area contributed by atoms with Crippen molar-refractivity contribution in [2.45, 2.75) is 19.3 Å². The molecule has 4 heteroatoms. The van der Waals surface area contributed by atoms with E-state index in [1.807, 2.05) is 29.6 Å². The van der Waals surface area contributed by atoms with Crippen LogP contribution in [0.2, 0.25) is 0 Å². The van der Waals surface area contributed by atoms with Gasteiger partial charge in [-0.2, -0.15) is 11.3 Å². The molecule has 1 aromatic heterocycles. The summed E-state index contributed by atoms with van der Waals surface area (Å²) in [6.07, 6.45) is 2.58. The van der Waals surface area contributed by atoms with E-state index in [9.17, 15) is 4.79 Å². The van der Waals surface area contributed by atoms with Crippen LogP contribution >= 0.6 is 11.3 Å². The Morgan fingerprint density at radius 2 is 1.95 bits per heavy atom. The monoisotopic (exact) mass is 300 g/mol. The average molecular weight is 300 g/mol. The maximum Gasteiger partial charge on any atom is 0.318 e. The highest BCUT2D eigenvalue weighted by molar-refractivity contribution is 7.07. The summed E-state index contributed by atoms with van der Waals surface area (Å²) in [6.45, 7) is 4.54. The van der Waals surface area contributed by atoms with Gasteiger partial charge in [-0.15, -0.1) is 0 Å². The number of urea groups is 1. The molecule has 0 atom stereocenters. The predicted molar refractivity (Wildman–Crippen MR) is 88.5 cm³/mol. The molecule has 21 heavy (non-hydrogen) atoms. The Kier molecular flexibility index (Phi) is 6.03. The van der Waals surface area contributed by atoms with Crippen molar-refractivity contribution in [3.05, 3.63) is 70.6 Å². The van der Waals surface area contributed by atoms with Gasteiger partial charge in [-0.25, -0.2) is 4.79 Å². The standard InChI is InChI=1S/C17H20N2OS/c1-14(12-16-9-11-21-13-16)19-17(20)18-10-5-8-15-6-3-2-4-7-15/h2-4,6-7,9,11,13H,1,5,8,10,12H2,(H2,18,19,20). The third kappa shape index (κ3) is 5.83. The first-order chi connectivity index (χ1) is 10.2. The van der Waals surface area contributed by atoms with Crippen molar-refractivity contribution in [1.82, 2.24) is 10.6 Å². The fraction of sp³-hybridized carbons (Fsp3) is 0.235. The molecule has 110 valence electrons. The molecule has 0 aliphatic carbocycles. The number of thiophene rings is 1. The molecule has 0 spiro atoms. The van der Waals surface area contributed by atoms with Crippen LogP contribution in [0.1, 0.15) is 17.5 Å². The Bertz CT molecular complexity index is 564. The molecule has 2 N–H and O–H groups in total. The molecular formula is C17H20N2OS. The molecule has 1 heterocycles. The lowest BCUT2D eigenvalue weighted by atomic mass is 10.1. The third-order valence-corrected chi connectivity index (χ3v) is 3.79. The molecule has 2 amide bonds. The Labute approximate surface area is 129 Å². The van der Waals surface area contributed by atoms with E-state index in [1.54, 1.807) is 11.3 Å². The van der Waals surface area contributed by atoms with Crippen molar-refractivity contribution >= 4 is 17.4 Å². The fourth-order valence-electron chi connectivity index (χ4n) is 2.03. The van der Waals surface area contributed by atoms with Gasteiger partial charge in [-0.3, -0.25) is 0 Å². The van der Waals surface area contributed by atoms with E-state index >= 15 is 0 Å². The van der Waals surface area contributed by atoms with Gasteiger partial charge in [-0.1, -0.05) is 36.9 Å². The molecule has 2 rings (SSSR count). The van der Waals surface area contributed by atoms with Gasteiger partial charge in [0.2, 0.25) is 0 Å². The first kappa shape index (κ1) is 15.3. The minimum atomic E-state index is -0.178. The van der Waals surface area contributed by atoms with Gasteiger partial charge in [0.1, 0.15) is 0 Å². The SMILES string of the molecule is C=C(Cc1ccsc1)NC(=O)NCCCc1ccccc1. The number of carbonyl (C=O) groups excluding carboxylic acids is 1. The van der Waals surface area contributed by atoms with Crippen LogP contribution in [0.25, 0.3) is 0 Å². The molecule has 0 aliphatic heterocycles. The zero-order valence-corrected chi connectivity index (χ0v) is 12.8. The van der Waals surface area contributed by atoms with Gasteiger partial charge >= 0.3 is 6.03 Å². The van der Waals surface area contributed by atoms with Gasteiger partial charge in [0.25, 0.3) is 0 Å². The number of allylic oxidation sites excluding steroid dienone is 1. The second kappa shape index (κ2) is 8.27. The molecule has 0 aliphatic rings. The van der Waals surface area contributed by atoms with Crippen molar-refractivity contribution in [1.29, 1.82) is 0 Å². The smallest absolute Gasteiger partial charge is 0.318 e. The van der Waals surface area contributed by atoms with Crippen molar-refractivity contribution in [3.63, 3.8) is 0 Å². The molecule has 0 bridgehead atoms. The van der Waals surface area contributed by atoms with Crippen molar-refractivity contribution in [2.24, 2.45) is 0 Å². The zero-order valence-electron chi connectivity index (χ0n) is 12.0. The molecule has 3 nitrogen and oxygen atoms in total. The van der Waals surface area contributed by atoms with Crippen LogP contribution in [0.15, 0.2) is 59.4 Å². The van der Waals surface area contributed by atoms with Crippen LogP contribution in [0.4, 0.5) is 4.79 Å². The van der Waals surface area contributed by atoms with Crippen molar-refractivity contribution in [3.8, 4) is 0 Å². The van der Waals surface area contributed by atoms with Gasteiger partial charge in [0.05, 0.1) is 0 Å². The van der Waals surface area contributed by atoms with Crippen molar-refractivity contribution in [2.75, 3.05) is 6.54 Å². The highest BCUT2D eigenvalue weighted by Gasteiger charge is 2.03. The maximum absolute atomic E-state index is 11.7. The quantitative estimate of drug-likeness (QED) is 0.752. The number of carbonyl (C=O) groups is 1. The Hall–Kier alpha value is -2.07. The van der Waals surface area contributed by atoms with E-state index in [1.165, 1.54) is 11.1 Å². The minimum absolute atomic E-state index is 0.178. The first-order valence-corrected chi connectivity index (χ1v) is 7.96. The number of hydrogen-bond donors (Lipinski definition) is 2. The molecular weight excluding hydrogens is 280 g/mol. The number of aryl methyl sites for hydroxylation is 1. The van der Waals surface area contributed by atoms with E-state index in [4.69, 9.17) is 0 Å². The van der Waals surface area contributed by atoms with Crippen LogP contribution in [0.5, 0.6) is 0 Å². The summed E-state index contributed by atoms with van der Waals surface area (Å²) < 4.78 is 0. The number of hydrogen-bond acceptors (Lipinski definition) is 2. The number of amides is 2. The summed E-state index contributed by atoms with van der Waals surface area (Å²) in [5.41, 5.74) is 3.19. The van der Waals surface area contributed by atoms with Crippen LogP contribution < -0.4 is 10.6 Å². The fourth-order valence-corrected chi connectivity index (χ4v) is 2.70. The van der Waals surface area contributed by atoms with Crippen LogP contribution in [0, 0.1) is 0 Å². The average Bonchev–Trinajstić information content (AvgIpc) is 2.97. The molecule has 0 unspecified atom stereocenters. The molecule has 0 saturated heterocycles. The molecule has 0 fully saturated rings. The van der Waals surface area contributed by atoms with E-state index < -0.39 is 0 Å². The molecule has 1 aromatic carbocycles. The highest BCUT2D eigenvalue weighted by Crippen LogP contribution is 2.09. The predicted octanol–water partition coefficient (Wildman–Crippen LogP) is 3.74. The van der Waals surface area contributed by atoms with E-state index in [2.05, 4.69) is 34.7 Å². The van der Waals surface area contributed by atoms with E-state index in [0.29, 0.717) is 18.7 Å². The van der Waals surface area contributed by atoms with Gasteiger partial charge in [0, 0.05) is 18.7 Å². The lowest BCUT2D eigenvalue weighted by Crippen LogP contribution is -2.35. The summed E-state index contributed by atoms with van der Waals surface area (Å²) in [5.74, 6) is 0. The summed E-state index contributed by atoms with van der Waals surface area (Å²) in [6, 6.07) is 12.1. The third-order valence-electron chi connectivity index (χ3n) is 3.06. The number of benzene rings is 1. The number of rotatable bonds is 7. The number of nitrogens with one attached hydrogen (secondary N) is 2. The summed E-state index contributed by atoms with van der Waals surface area (Å²) in [5, 5.41) is 9.71. The van der Waals surface area contributed by atoms with Crippen LogP contribution in [-0.2, 0) is 12.8 Å². The highest BCUT2D eigenvalue weighted by atomic mass is 32.1. The first-order valence-electron chi connectivity index (χ1n) is 7.01. The maximum atomic E-state index is 11.7. The molecule has 0 radical (unpaired) electrons.